The fraction of sp³-hybridized carbons (Fsp3) is 0.945. The summed E-state index contributed by atoms with van der Waals surface area (Å²) in [6.07, 6.45) is 55.2. The van der Waals surface area contributed by atoms with Crippen LogP contribution in [0.5, 0.6) is 0 Å². The van der Waals surface area contributed by atoms with Crippen LogP contribution in [0.4, 0.5) is 0 Å². The van der Waals surface area contributed by atoms with E-state index in [1.54, 1.807) is 0 Å². The first-order chi connectivity index (χ1) is 30.0. The van der Waals surface area contributed by atoms with Gasteiger partial charge < -0.3 is 14.2 Å². The number of esters is 3. The quantitative estimate of drug-likeness (QED) is 0.0344. The smallest absolute Gasteiger partial charge is 0.306 e. The van der Waals surface area contributed by atoms with Crippen LogP contribution >= 0.6 is 0 Å². The van der Waals surface area contributed by atoms with E-state index < -0.39 is 6.10 Å². The van der Waals surface area contributed by atoms with Crippen molar-refractivity contribution >= 4 is 17.9 Å². The molecule has 0 bridgehead atoms. The third-order valence-corrected chi connectivity index (χ3v) is 12.6. The summed E-state index contributed by atoms with van der Waals surface area (Å²) in [7, 11) is 0. The van der Waals surface area contributed by atoms with E-state index in [0.717, 1.165) is 57.8 Å². The molecule has 0 aromatic carbocycles. The van der Waals surface area contributed by atoms with Crippen molar-refractivity contribution in [2.45, 2.75) is 322 Å². The van der Waals surface area contributed by atoms with Crippen molar-refractivity contribution < 1.29 is 28.6 Å². The van der Waals surface area contributed by atoms with Gasteiger partial charge in [-0.1, -0.05) is 278 Å². The van der Waals surface area contributed by atoms with Crippen LogP contribution in [0.15, 0.2) is 0 Å². The molecular weight excluding hydrogens is 757 g/mol. The normalized spacial score (nSPS) is 11.9. The second-order valence-electron chi connectivity index (χ2n) is 18.9. The molecule has 0 saturated carbocycles. The fourth-order valence-electron chi connectivity index (χ4n) is 8.45. The van der Waals surface area contributed by atoms with E-state index in [2.05, 4.69) is 20.8 Å². The summed E-state index contributed by atoms with van der Waals surface area (Å²) in [5.74, 6) is -0.839. The van der Waals surface area contributed by atoms with Crippen molar-refractivity contribution in [1.82, 2.24) is 0 Å². The predicted octanol–water partition coefficient (Wildman–Crippen LogP) is 18.0. The maximum Gasteiger partial charge on any atom is 0.306 e. The Morgan fingerprint density at radius 1 is 0.262 bits per heavy atom. The lowest BCUT2D eigenvalue weighted by Crippen LogP contribution is -2.30. The monoisotopic (exact) mass is 863 g/mol. The number of hydrogen-bond acceptors (Lipinski definition) is 6. The van der Waals surface area contributed by atoms with Crippen molar-refractivity contribution in [3.05, 3.63) is 0 Å². The summed E-state index contributed by atoms with van der Waals surface area (Å²) in [5, 5.41) is 0. The van der Waals surface area contributed by atoms with Crippen LogP contribution in [-0.4, -0.2) is 37.2 Å². The minimum Gasteiger partial charge on any atom is -0.462 e. The lowest BCUT2D eigenvalue weighted by Gasteiger charge is -2.18. The molecule has 0 saturated heterocycles. The molecule has 0 amide bonds. The molecule has 0 spiro atoms. The summed E-state index contributed by atoms with van der Waals surface area (Å²) >= 11 is 0. The highest BCUT2D eigenvalue weighted by Crippen LogP contribution is 2.17. The Kier molecular flexibility index (Phi) is 49.7. The van der Waals surface area contributed by atoms with Gasteiger partial charge in [0.2, 0.25) is 0 Å². The van der Waals surface area contributed by atoms with Gasteiger partial charge >= 0.3 is 17.9 Å². The Morgan fingerprint density at radius 3 is 0.656 bits per heavy atom. The Hall–Kier alpha value is -1.59. The first-order valence-corrected chi connectivity index (χ1v) is 27.5. The minimum atomic E-state index is -0.759. The zero-order valence-electron chi connectivity index (χ0n) is 41.5. The first-order valence-electron chi connectivity index (χ1n) is 27.5. The van der Waals surface area contributed by atoms with Crippen molar-refractivity contribution in [1.29, 1.82) is 0 Å². The van der Waals surface area contributed by atoms with Gasteiger partial charge in [0.15, 0.2) is 6.10 Å². The van der Waals surface area contributed by atoms with Crippen LogP contribution in [0.3, 0.4) is 0 Å². The number of ether oxygens (including phenoxy) is 3. The molecule has 0 heterocycles. The molecule has 1 atom stereocenters. The topological polar surface area (TPSA) is 78.9 Å². The lowest BCUT2D eigenvalue weighted by molar-refractivity contribution is -0.167. The molecule has 0 rings (SSSR count). The summed E-state index contributed by atoms with van der Waals surface area (Å²) in [6.45, 7) is 6.68. The van der Waals surface area contributed by atoms with Crippen LogP contribution in [0.25, 0.3) is 0 Å². The Bertz CT molecular complexity index is 905. The number of carbonyl (C=O) groups excluding carboxylic acids is 3. The van der Waals surface area contributed by atoms with Gasteiger partial charge in [-0.05, 0) is 19.3 Å². The van der Waals surface area contributed by atoms with Gasteiger partial charge in [-0.2, -0.15) is 0 Å². The Balaban J connectivity index is 4.22. The standard InChI is InChI=1S/C55H106O6/c1-4-7-10-13-16-19-22-24-26-27-28-29-30-32-33-36-39-42-45-48-54(57)60-51-52(50-59-53(56)47-44-41-38-35-21-18-15-12-9-6-3)61-55(58)49-46-43-40-37-34-31-25-23-20-17-14-11-8-5-2/h52H,4-51H2,1-3H3/t52-/m1/s1. The average Bonchev–Trinajstić information content (AvgIpc) is 3.26. The summed E-state index contributed by atoms with van der Waals surface area (Å²) in [6, 6.07) is 0. The van der Waals surface area contributed by atoms with E-state index >= 15 is 0 Å². The highest BCUT2D eigenvalue weighted by molar-refractivity contribution is 5.71. The molecule has 0 aromatic heterocycles. The van der Waals surface area contributed by atoms with Crippen molar-refractivity contribution in [2.75, 3.05) is 13.2 Å². The van der Waals surface area contributed by atoms with Gasteiger partial charge in [0.1, 0.15) is 13.2 Å². The van der Waals surface area contributed by atoms with E-state index in [1.807, 2.05) is 0 Å². The van der Waals surface area contributed by atoms with Crippen molar-refractivity contribution in [3.63, 3.8) is 0 Å². The maximum atomic E-state index is 12.8. The van der Waals surface area contributed by atoms with E-state index in [1.165, 1.54) is 218 Å². The summed E-state index contributed by atoms with van der Waals surface area (Å²) < 4.78 is 16.8. The molecule has 0 aliphatic heterocycles. The van der Waals surface area contributed by atoms with E-state index in [4.69, 9.17) is 14.2 Å². The molecule has 362 valence electrons. The molecule has 0 fully saturated rings. The molecule has 0 unspecified atom stereocenters. The summed E-state index contributed by atoms with van der Waals surface area (Å²) in [5.41, 5.74) is 0. The SMILES string of the molecule is CCCCCCCCCCCCCCCCCCCCCC(=O)OC[C@@H](COC(=O)CCCCCCCCCCCC)OC(=O)CCCCCCCCCCCCCCCC. The first kappa shape index (κ1) is 59.4. The number of carbonyl (C=O) groups is 3. The zero-order valence-corrected chi connectivity index (χ0v) is 41.5. The molecule has 0 aliphatic carbocycles. The zero-order chi connectivity index (χ0) is 44.4. The minimum absolute atomic E-state index is 0.0615. The Labute approximate surface area is 380 Å². The fourth-order valence-corrected chi connectivity index (χ4v) is 8.45. The Morgan fingerprint density at radius 2 is 0.443 bits per heavy atom. The van der Waals surface area contributed by atoms with Gasteiger partial charge in [0, 0.05) is 19.3 Å². The summed E-state index contributed by atoms with van der Waals surface area (Å²) in [4.78, 5) is 38.0. The highest BCUT2D eigenvalue weighted by atomic mass is 16.6. The second kappa shape index (κ2) is 51.0. The van der Waals surface area contributed by atoms with Gasteiger partial charge in [-0.3, -0.25) is 14.4 Å². The largest absolute Gasteiger partial charge is 0.462 e. The van der Waals surface area contributed by atoms with Gasteiger partial charge in [-0.15, -0.1) is 0 Å². The maximum absolute atomic E-state index is 12.8. The van der Waals surface area contributed by atoms with Gasteiger partial charge in [-0.25, -0.2) is 0 Å². The number of hydrogen-bond donors (Lipinski definition) is 0. The third kappa shape index (κ3) is 49.3. The number of rotatable bonds is 51. The molecular formula is C55H106O6. The molecule has 0 aromatic rings. The molecule has 0 aliphatic rings. The van der Waals surface area contributed by atoms with E-state index in [9.17, 15) is 14.4 Å². The van der Waals surface area contributed by atoms with Crippen LogP contribution in [0, 0.1) is 0 Å². The molecule has 6 heteroatoms. The van der Waals surface area contributed by atoms with Crippen LogP contribution in [0.2, 0.25) is 0 Å². The second-order valence-corrected chi connectivity index (χ2v) is 18.9. The van der Waals surface area contributed by atoms with Gasteiger partial charge in [0.05, 0.1) is 0 Å². The van der Waals surface area contributed by atoms with E-state index in [0.29, 0.717) is 19.3 Å². The van der Waals surface area contributed by atoms with Crippen LogP contribution < -0.4 is 0 Å². The highest BCUT2D eigenvalue weighted by Gasteiger charge is 2.19. The average molecular weight is 863 g/mol. The van der Waals surface area contributed by atoms with Crippen LogP contribution in [-0.2, 0) is 28.6 Å². The molecule has 6 nitrogen and oxygen atoms in total. The van der Waals surface area contributed by atoms with Crippen LogP contribution in [0.1, 0.15) is 316 Å². The number of unbranched alkanes of at least 4 members (excludes halogenated alkanes) is 40. The van der Waals surface area contributed by atoms with Crippen molar-refractivity contribution in [3.8, 4) is 0 Å². The lowest BCUT2D eigenvalue weighted by atomic mass is 10.0. The molecule has 0 N–H and O–H groups in total. The predicted molar refractivity (Wildman–Crippen MR) is 261 cm³/mol. The van der Waals surface area contributed by atoms with Crippen molar-refractivity contribution in [2.24, 2.45) is 0 Å². The third-order valence-electron chi connectivity index (χ3n) is 12.6. The molecule has 0 radical (unpaired) electrons. The van der Waals surface area contributed by atoms with Gasteiger partial charge in [0.25, 0.3) is 0 Å². The van der Waals surface area contributed by atoms with E-state index in [-0.39, 0.29) is 31.1 Å². The molecule has 61 heavy (non-hydrogen) atoms.